The second-order valence-corrected chi connectivity index (χ2v) is 11.7. The highest BCUT2D eigenvalue weighted by Crippen LogP contribution is 2.23. The Kier molecular flexibility index (Phi) is 10.4. The molecule has 3 aromatic carbocycles. The third-order valence-electron chi connectivity index (χ3n) is 5.86. The number of nitrogens with zero attached hydrogens (tertiary/aromatic N) is 2. The minimum Gasteiger partial charge on any atom is -0.354 e. The molecule has 0 radical (unpaired) electrons. The number of rotatable bonds is 12. The summed E-state index contributed by atoms with van der Waals surface area (Å²) in [4.78, 5) is 28.7. The maximum atomic E-state index is 14.6. The third-order valence-corrected chi connectivity index (χ3v) is 7.48. The molecular formula is C28H31BrFN3O4S. The number of anilines is 1. The summed E-state index contributed by atoms with van der Waals surface area (Å²) >= 11 is 3.44. The number of sulfonamides is 1. The fraction of sp³-hybridized carbons (Fsp3) is 0.286. The number of carbonyl (C=O) groups excluding carboxylic acids is 2. The molecule has 0 unspecified atom stereocenters. The van der Waals surface area contributed by atoms with Gasteiger partial charge in [0.15, 0.2) is 0 Å². The number of hydrogen-bond donors (Lipinski definition) is 1. The molecule has 3 aromatic rings. The zero-order valence-electron chi connectivity index (χ0n) is 21.3. The Hall–Kier alpha value is -3.24. The number of para-hydroxylation sites is 1. The number of nitrogens with one attached hydrogen (secondary N) is 1. The van der Waals surface area contributed by atoms with Crippen molar-refractivity contribution in [2.24, 2.45) is 0 Å². The monoisotopic (exact) mass is 603 g/mol. The van der Waals surface area contributed by atoms with Gasteiger partial charge < -0.3 is 10.2 Å². The van der Waals surface area contributed by atoms with Gasteiger partial charge in [0.1, 0.15) is 18.4 Å². The highest BCUT2D eigenvalue weighted by molar-refractivity contribution is 9.10. The number of benzene rings is 3. The molecule has 10 heteroatoms. The predicted octanol–water partition coefficient (Wildman–Crippen LogP) is 4.52. The van der Waals surface area contributed by atoms with Crippen LogP contribution in [0.3, 0.4) is 0 Å². The summed E-state index contributed by atoms with van der Waals surface area (Å²) in [5, 5.41) is 2.88. The van der Waals surface area contributed by atoms with Crippen LogP contribution < -0.4 is 9.62 Å². The van der Waals surface area contributed by atoms with Crippen molar-refractivity contribution in [3.8, 4) is 0 Å². The summed E-state index contributed by atoms with van der Waals surface area (Å²) in [6.07, 6.45) is 1.84. The van der Waals surface area contributed by atoms with Crippen molar-refractivity contribution in [1.29, 1.82) is 0 Å². The van der Waals surface area contributed by atoms with Crippen LogP contribution in [0.4, 0.5) is 10.1 Å². The predicted molar refractivity (Wildman–Crippen MR) is 151 cm³/mol. The molecule has 202 valence electrons. The van der Waals surface area contributed by atoms with E-state index in [4.69, 9.17) is 0 Å². The lowest BCUT2D eigenvalue weighted by atomic mass is 10.0. The summed E-state index contributed by atoms with van der Waals surface area (Å²) in [5.74, 6) is -1.76. The van der Waals surface area contributed by atoms with Gasteiger partial charge >= 0.3 is 0 Å². The first-order valence-electron chi connectivity index (χ1n) is 12.2. The van der Waals surface area contributed by atoms with Crippen molar-refractivity contribution in [2.75, 3.05) is 23.7 Å². The van der Waals surface area contributed by atoms with Gasteiger partial charge in [-0.1, -0.05) is 77.5 Å². The molecule has 1 atom stereocenters. The highest BCUT2D eigenvalue weighted by Gasteiger charge is 2.33. The molecule has 1 N–H and O–H groups in total. The van der Waals surface area contributed by atoms with Crippen molar-refractivity contribution in [1.82, 2.24) is 10.2 Å². The van der Waals surface area contributed by atoms with Gasteiger partial charge in [0, 0.05) is 24.0 Å². The maximum Gasteiger partial charge on any atom is 0.244 e. The average Bonchev–Trinajstić information content (AvgIpc) is 2.88. The number of hydrogen-bond acceptors (Lipinski definition) is 4. The van der Waals surface area contributed by atoms with Crippen LogP contribution in [-0.4, -0.2) is 50.5 Å². The molecule has 2 amide bonds. The lowest BCUT2D eigenvalue weighted by Crippen LogP contribution is -2.53. The second kappa shape index (κ2) is 13.5. The molecule has 0 heterocycles. The zero-order chi connectivity index (χ0) is 27.7. The molecule has 3 rings (SSSR count). The van der Waals surface area contributed by atoms with E-state index in [1.54, 1.807) is 0 Å². The van der Waals surface area contributed by atoms with Crippen LogP contribution in [0.5, 0.6) is 0 Å². The maximum absolute atomic E-state index is 14.6. The van der Waals surface area contributed by atoms with E-state index in [0.29, 0.717) is 13.0 Å². The molecule has 0 saturated heterocycles. The Morgan fingerprint density at radius 1 is 0.974 bits per heavy atom. The van der Waals surface area contributed by atoms with E-state index in [1.807, 2.05) is 61.5 Å². The van der Waals surface area contributed by atoms with Crippen molar-refractivity contribution in [2.45, 2.75) is 32.4 Å². The molecule has 0 aliphatic carbocycles. The SMILES string of the molecule is CCCNC(=O)[C@@H](Cc1ccccc1)N(Cc1cccc(Br)c1)C(=O)CN(c1ccccc1F)S(C)(=O)=O. The van der Waals surface area contributed by atoms with E-state index < -0.39 is 34.3 Å². The smallest absolute Gasteiger partial charge is 0.244 e. The standard InChI is InChI=1S/C28H31BrFN3O4S/c1-3-16-31-28(35)26(18-21-10-5-4-6-11-21)32(19-22-12-9-13-23(29)17-22)27(34)20-33(38(2,36)37)25-15-8-7-14-24(25)30/h4-15,17,26H,3,16,18-20H2,1-2H3,(H,31,35)/t26-/m1/s1. The first-order valence-corrected chi connectivity index (χ1v) is 14.8. The first kappa shape index (κ1) is 29.3. The number of halogens is 2. The van der Waals surface area contributed by atoms with E-state index in [2.05, 4.69) is 21.2 Å². The van der Waals surface area contributed by atoms with Crippen LogP contribution in [0.15, 0.2) is 83.3 Å². The van der Waals surface area contributed by atoms with Gasteiger partial charge in [-0.2, -0.15) is 0 Å². The van der Waals surface area contributed by atoms with Crippen LogP contribution in [0, 0.1) is 5.82 Å². The van der Waals surface area contributed by atoms with Crippen LogP contribution in [0.1, 0.15) is 24.5 Å². The normalized spacial score (nSPS) is 12.0. The van der Waals surface area contributed by atoms with E-state index in [9.17, 15) is 22.4 Å². The topological polar surface area (TPSA) is 86.8 Å². The van der Waals surface area contributed by atoms with Gasteiger partial charge in [-0.15, -0.1) is 0 Å². The third kappa shape index (κ3) is 8.13. The summed E-state index contributed by atoms with van der Waals surface area (Å²) in [7, 11) is -4.03. The molecule has 0 aromatic heterocycles. The van der Waals surface area contributed by atoms with E-state index in [0.717, 1.165) is 32.2 Å². The minimum atomic E-state index is -4.03. The number of carbonyl (C=O) groups is 2. The fourth-order valence-corrected chi connectivity index (χ4v) is 5.30. The van der Waals surface area contributed by atoms with E-state index in [-0.39, 0.29) is 24.6 Å². The molecular weight excluding hydrogens is 573 g/mol. The van der Waals surface area contributed by atoms with Crippen molar-refractivity contribution < 1.29 is 22.4 Å². The summed E-state index contributed by atoms with van der Waals surface area (Å²) in [6, 6.07) is 21.0. The Labute approximate surface area is 231 Å². The molecule has 0 fully saturated rings. The van der Waals surface area contributed by atoms with Gasteiger partial charge in [0.25, 0.3) is 0 Å². The quantitative estimate of drug-likeness (QED) is 0.330. The largest absolute Gasteiger partial charge is 0.354 e. The molecule has 0 aliphatic rings. The van der Waals surface area contributed by atoms with Gasteiger partial charge in [0.2, 0.25) is 21.8 Å². The molecule has 0 aliphatic heterocycles. The summed E-state index contributed by atoms with van der Waals surface area (Å²) < 4.78 is 41.5. The Morgan fingerprint density at radius 3 is 2.26 bits per heavy atom. The molecule has 38 heavy (non-hydrogen) atoms. The molecule has 0 spiro atoms. The molecule has 0 saturated carbocycles. The Morgan fingerprint density at radius 2 is 1.63 bits per heavy atom. The number of amides is 2. The van der Waals surface area contributed by atoms with Crippen molar-refractivity contribution in [3.63, 3.8) is 0 Å². The average molecular weight is 605 g/mol. The molecule has 7 nitrogen and oxygen atoms in total. The van der Waals surface area contributed by atoms with Crippen LogP contribution in [0.2, 0.25) is 0 Å². The zero-order valence-corrected chi connectivity index (χ0v) is 23.7. The Bertz CT molecular complexity index is 1350. The van der Waals surface area contributed by atoms with E-state index in [1.165, 1.54) is 23.1 Å². The van der Waals surface area contributed by atoms with Gasteiger partial charge in [-0.3, -0.25) is 13.9 Å². The fourth-order valence-electron chi connectivity index (χ4n) is 4.00. The van der Waals surface area contributed by atoms with Crippen LogP contribution in [-0.2, 0) is 32.6 Å². The van der Waals surface area contributed by atoms with Crippen molar-refractivity contribution in [3.05, 3.63) is 100 Å². The Balaban J connectivity index is 2.05. The van der Waals surface area contributed by atoms with Crippen LogP contribution >= 0.6 is 15.9 Å². The highest BCUT2D eigenvalue weighted by atomic mass is 79.9. The van der Waals surface area contributed by atoms with Gasteiger partial charge in [-0.25, -0.2) is 12.8 Å². The van der Waals surface area contributed by atoms with Gasteiger partial charge in [0.05, 0.1) is 11.9 Å². The first-order chi connectivity index (χ1) is 18.1. The van der Waals surface area contributed by atoms with Crippen LogP contribution in [0.25, 0.3) is 0 Å². The minimum absolute atomic E-state index is 0.0458. The lowest BCUT2D eigenvalue weighted by molar-refractivity contribution is -0.140. The summed E-state index contributed by atoms with van der Waals surface area (Å²) in [5.41, 5.74) is 1.34. The summed E-state index contributed by atoms with van der Waals surface area (Å²) in [6.45, 7) is 1.73. The second-order valence-electron chi connectivity index (χ2n) is 8.87. The van der Waals surface area contributed by atoms with E-state index >= 15 is 0 Å². The molecule has 0 bridgehead atoms. The lowest BCUT2D eigenvalue weighted by Gasteiger charge is -2.33. The van der Waals surface area contributed by atoms with Crippen molar-refractivity contribution >= 4 is 43.5 Å². The van der Waals surface area contributed by atoms with Gasteiger partial charge in [-0.05, 0) is 41.8 Å².